The third-order valence-corrected chi connectivity index (χ3v) is 4.39. The van der Waals surface area contributed by atoms with Gasteiger partial charge in [-0.2, -0.15) is 0 Å². The number of morpholine rings is 1. The van der Waals surface area contributed by atoms with Crippen LogP contribution in [0.1, 0.15) is 54.6 Å². The summed E-state index contributed by atoms with van der Waals surface area (Å²) in [6, 6.07) is 1.31. The topological polar surface area (TPSA) is 89.7 Å². The average Bonchev–Trinajstić information content (AvgIpc) is 3.07. The van der Waals surface area contributed by atoms with Gasteiger partial charge in [0.25, 0.3) is 12.3 Å². The summed E-state index contributed by atoms with van der Waals surface area (Å²) >= 11 is 0. The highest BCUT2D eigenvalue weighted by atomic mass is 19.3. The number of pyridine rings is 1. The first-order valence-electron chi connectivity index (χ1n) is 7.86. The van der Waals surface area contributed by atoms with Crippen molar-refractivity contribution in [2.45, 2.75) is 6.43 Å². The monoisotopic (exact) mass is 362 g/mol. The molecule has 7 nitrogen and oxygen atoms in total. The smallest absolute Gasteiger partial charge is 0.296 e. The molecule has 4 rings (SSSR count). The molecule has 9 heteroatoms. The van der Waals surface area contributed by atoms with Gasteiger partial charge < -0.3 is 14.1 Å². The van der Waals surface area contributed by atoms with Gasteiger partial charge in [0.1, 0.15) is 0 Å². The van der Waals surface area contributed by atoms with Gasteiger partial charge in [-0.15, -0.1) is 0 Å². The van der Waals surface area contributed by atoms with Gasteiger partial charge in [0, 0.05) is 31.0 Å². The van der Waals surface area contributed by atoms with Crippen molar-refractivity contribution < 1.29 is 32.3 Å². The zero-order valence-corrected chi connectivity index (χ0v) is 13.3. The third kappa shape index (κ3) is 2.35. The van der Waals surface area contributed by atoms with Gasteiger partial charge in [0.15, 0.2) is 17.3 Å². The highest BCUT2D eigenvalue weighted by Crippen LogP contribution is 2.37. The molecule has 2 aromatic heterocycles. The van der Waals surface area contributed by atoms with E-state index >= 15 is 0 Å². The van der Waals surface area contributed by atoms with Gasteiger partial charge in [-0.1, -0.05) is 0 Å². The summed E-state index contributed by atoms with van der Waals surface area (Å²) in [5.41, 5.74) is -0.993. The molecule has 1 saturated heterocycles. The molecule has 1 aliphatic carbocycles. The van der Waals surface area contributed by atoms with E-state index in [2.05, 4.69) is 4.98 Å². The first-order chi connectivity index (χ1) is 12.5. The lowest BCUT2D eigenvalue weighted by atomic mass is 9.87. The highest BCUT2D eigenvalue weighted by molar-refractivity contribution is 6.30. The standard InChI is InChI=1S/C17H12F2N2O5/c18-16(19)15-11(17(24)21-3-5-25-6-4-21)10-12(22)9-7-20-2-1-8(9)13(23)14(10)26-15/h1-2,7,16H,3-6H2. The molecule has 0 spiro atoms. The van der Waals surface area contributed by atoms with Gasteiger partial charge >= 0.3 is 0 Å². The minimum absolute atomic E-state index is 0.0115. The van der Waals surface area contributed by atoms with Crippen molar-refractivity contribution in [2.75, 3.05) is 26.3 Å². The van der Waals surface area contributed by atoms with Crippen molar-refractivity contribution in [3.8, 4) is 0 Å². The molecule has 0 aromatic carbocycles. The summed E-state index contributed by atoms with van der Waals surface area (Å²) in [5.74, 6) is -3.72. The molecular formula is C17H12F2N2O5. The Morgan fingerprint density at radius 3 is 2.58 bits per heavy atom. The number of alkyl halides is 2. The van der Waals surface area contributed by atoms with Gasteiger partial charge in [-0.25, -0.2) is 8.78 Å². The van der Waals surface area contributed by atoms with E-state index in [0.717, 1.165) is 0 Å². The Bertz CT molecular complexity index is 931. The second-order valence-corrected chi connectivity index (χ2v) is 5.83. The van der Waals surface area contributed by atoms with Crippen LogP contribution in [0.4, 0.5) is 8.78 Å². The molecule has 1 amide bonds. The zero-order valence-electron chi connectivity index (χ0n) is 13.3. The fourth-order valence-electron chi connectivity index (χ4n) is 3.15. The van der Waals surface area contributed by atoms with Crippen LogP contribution in [0.5, 0.6) is 0 Å². The number of hydrogen-bond acceptors (Lipinski definition) is 6. The van der Waals surface area contributed by atoms with Crippen LogP contribution in [0.15, 0.2) is 22.9 Å². The summed E-state index contributed by atoms with van der Waals surface area (Å²) in [5, 5.41) is 0. The van der Waals surface area contributed by atoms with Crippen LogP contribution in [-0.2, 0) is 4.74 Å². The lowest BCUT2D eigenvalue weighted by Crippen LogP contribution is -2.41. The molecule has 3 heterocycles. The van der Waals surface area contributed by atoms with Crippen LogP contribution in [0, 0.1) is 0 Å². The van der Waals surface area contributed by atoms with Crippen LogP contribution in [-0.4, -0.2) is 53.7 Å². The van der Waals surface area contributed by atoms with E-state index in [0.29, 0.717) is 0 Å². The molecule has 0 bridgehead atoms. The molecule has 0 radical (unpaired) electrons. The molecule has 2 aliphatic rings. The molecule has 0 unspecified atom stereocenters. The number of carbonyl (C=O) groups is 3. The first-order valence-corrected chi connectivity index (χ1v) is 7.86. The first kappa shape index (κ1) is 16.5. The van der Waals surface area contributed by atoms with Crippen molar-refractivity contribution >= 4 is 17.5 Å². The molecule has 0 N–H and O–H groups in total. The normalized spacial score (nSPS) is 16.7. The SMILES string of the molecule is O=C1c2ccncc2C(=O)c2c1oc(C(F)F)c2C(=O)N1CCOCC1. The molecular weight excluding hydrogens is 350 g/mol. The molecule has 2 aromatic rings. The van der Waals surface area contributed by atoms with Gasteiger partial charge in [0.05, 0.1) is 29.9 Å². The molecule has 134 valence electrons. The number of ketones is 2. The second-order valence-electron chi connectivity index (χ2n) is 5.83. The van der Waals surface area contributed by atoms with Crippen molar-refractivity contribution in [3.05, 3.63) is 52.2 Å². The maximum absolute atomic E-state index is 13.5. The molecule has 26 heavy (non-hydrogen) atoms. The van der Waals surface area contributed by atoms with Crippen molar-refractivity contribution in [2.24, 2.45) is 0 Å². The van der Waals surface area contributed by atoms with Crippen LogP contribution in [0.2, 0.25) is 0 Å². The quantitative estimate of drug-likeness (QED) is 0.691. The molecule has 1 fully saturated rings. The Morgan fingerprint density at radius 2 is 1.88 bits per heavy atom. The number of fused-ring (bicyclic) bond motifs is 2. The number of aromatic nitrogens is 1. The Hall–Kier alpha value is -2.94. The third-order valence-electron chi connectivity index (χ3n) is 4.39. The largest absolute Gasteiger partial charge is 0.450 e. The number of rotatable bonds is 2. The second kappa shape index (κ2) is 6.10. The minimum Gasteiger partial charge on any atom is -0.450 e. The van der Waals surface area contributed by atoms with Gasteiger partial charge in [-0.05, 0) is 6.07 Å². The maximum atomic E-state index is 13.5. The van der Waals surface area contributed by atoms with Gasteiger partial charge in [-0.3, -0.25) is 19.4 Å². The Labute approximate surface area is 145 Å². The highest BCUT2D eigenvalue weighted by Gasteiger charge is 2.42. The van der Waals surface area contributed by atoms with E-state index in [1.165, 1.54) is 23.4 Å². The van der Waals surface area contributed by atoms with Crippen molar-refractivity contribution in [1.82, 2.24) is 9.88 Å². The average molecular weight is 362 g/mol. The number of halogens is 2. The zero-order chi connectivity index (χ0) is 18.4. The van der Waals surface area contributed by atoms with E-state index in [1.807, 2.05) is 0 Å². The van der Waals surface area contributed by atoms with Crippen LogP contribution in [0.25, 0.3) is 0 Å². The number of ether oxygens (including phenoxy) is 1. The predicted molar refractivity (Wildman–Crippen MR) is 81.5 cm³/mol. The van der Waals surface area contributed by atoms with Crippen LogP contribution < -0.4 is 0 Å². The Balaban J connectivity index is 1.90. The van der Waals surface area contributed by atoms with Gasteiger partial charge in [0.2, 0.25) is 5.78 Å². The fraction of sp³-hybridized carbons (Fsp3) is 0.294. The molecule has 1 aliphatic heterocycles. The minimum atomic E-state index is -3.15. The number of amides is 1. The summed E-state index contributed by atoms with van der Waals surface area (Å²) in [7, 11) is 0. The number of furan rings is 1. The maximum Gasteiger partial charge on any atom is 0.296 e. The van der Waals surface area contributed by atoms with Crippen molar-refractivity contribution in [3.63, 3.8) is 0 Å². The number of carbonyl (C=O) groups excluding carboxylic acids is 3. The van der Waals surface area contributed by atoms with E-state index in [4.69, 9.17) is 9.15 Å². The van der Waals surface area contributed by atoms with E-state index in [1.54, 1.807) is 0 Å². The summed E-state index contributed by atoms with van der Waals surface area (Å²) < 4.78 is 37.2. The summed E-state index contributed by atoms with van der Waals surface area (Å²) in [4.78, 5) is 43.3. The van der Waals surface area contributed by atoms with Crippen LogP contribution >= 0.6 is 0 Å². The Kier molecular flexibility index (Phi) is 3.87. The lowest BCUT2D eigenvalue weighted by Gasteiger charge is -2.27. The fourth-order valence-corrected chi connectivity index (χ4v) is 3.15. The summed E-state index contributed by atoms with van der Waals surface area (Å²) in [6.07, 6.45) is -0.662. The lowest BCUT2D eigenvalue weighted by molar-refractivity contribution is 0.0293. The number of hydrogen-bond donors (Lipinski definition) is 0. The molecule has 0 saturated carbocycles. The van der Waals surface area contributed by atoms with E-state index in [-0.39, 0.29) is 37.4 Å². The summed E-state index contributed by atoms with van der Waals surface area (Å²) in [6.45, 7) is 0.911. The van der Waals surface area contributed by atoms with Crippen molar-refractivity contribution in [1.29, 1.82) is 0 Å². The Morgan fingerprint density at radius 1 is 1.15 bits per heavy atom. The predicted octanol–water partition coefficient (Wildman–Crippen LogP) is 1.86. The number of nitrogens with zero attached hydrogens (tertiary/aromatic N) is 2. The van der Waals surface area contributed by atoms with Crippen LogP contribution in [0.3, 0.4) is 0 Å². The molecule has 0 atom stereocenters. The van der Waals surface area contributed by atoms with E-state index < -0.39 is 46.5 Å². The van der Waals surface area contributed by atoms with E-state index in [9.17, 15) is 23.2 Å².